The first kappa shape index (κ1) is 15.2. The molecular formula is C13H17BrFN3O2. The van der Waals surface area contributed by atoms with Crippen LogP contribution in [0.4, 0.5) is 15.8 Å². The Morgan fingerprint density at radius 3 is 2.60 bits per heavy atom. The third-order valence-electron chi connectivity index (χ3n) is 4.08. The van der Waals surface area contributed by atoms with E-state index >= 15 is 0 Å². The lowest BCUT2D eigenvalue weighted by Crippen LogP contribution is -2.54. The highest BCUT2D eigenvalue weighted by molar-refractivity contribution is 9.10. The molecule has 0 spiro atoms. The van der Waals surface area contributed by atoms with E-state index in [0.717, 1.165) is 25.3 Å². The van der Waals surface area contributed by atoms with Crippen LogP contribution in [0.3, 0.4) is 0 Å². The number of likely N-dealkylation sites (N-methyl/N-ethyl adjacent to an activating group) is 1. The van der Waals surface area contributed by atoms with E-state index in [2.05, 4.69) is 26.1 Å². The minimum absolute atomic E-state index is 0.0364. The van der Waals surface area contributed by atoms with Crippen molar-refractivity contribution in [2.24, 2.45) is 0 Å². The summed E-state index contributed by atoms with van der Waals surface area (Å²) in [6.45, 7) is 0.610. The summed E-state index contributed by atoms with van der Waals surface area (Å²) in [6.07, 6.45) is 3.28. The summed E-state index contributed by atoms with van der Waals surface area (Å²) in [4.78, 5) is 12.6. The normalized spacial score (nSPS) is 16.9. The van der Waals surface area contributed by atoms with E-state index in [1.165, 1.54) is 6.07 Å². The molecule has 0 aliphatic heterocycles. The summed E-state index contributed by atoms with van der Waals surface area (Å²) in [5.74, 6) is -0.631. The van der Waals surface area contributed by atoms with Crippen LogP contribution in [0.1, 0.15) is 19.3 Å². The molecule has 7 heteroatoms. The number of anilines is 1. The van der Waals surface area contributed by atoms with Gasteiger partial charge < -0.3 is 10.2 Å². The van der Waals surface area contributed by atoms with Crippen LogP contribution in [0.5, 0.6) is 0 Å². The lowest BCUT2D eigenvalue weighted by molar-refractivity contribution is -0.384. The van der Waals surface area contributed by atoms with Crippen molar-refractivity contribution in [3.63, 3.8) is 0 Å². The van der Waals surface area contributed by atoms with Gasteiger partial charge in [-0.1, -0.05) is 0 Å². The first-order chi connectivity index (χ1) is 9.35. The van der Waals surface area contributed by atoms with Gasteiger partial charge in [0, 0.05) is 12.1 Å². The van der Waals surface area contributed by atoms with Gasteiger partial charge >= 0.3 is 0 Å². The SMILES string of the molecule is CN(C)C1(CNc2cc(Br)c(F)cc2[N+](=O)[O-])CCC1. The lowest BCUT2D eigenvalue weighted by Gasteiger charge is -2.47. The molecule has 0 saturated heterocycles. The van der Waals surface area contributed by atoms with Crippen molar-refractivity contribution in [2.75, 3.05) is 26.0 Å². The van der Waals surface area contributed by atoms with Gasteiger partial charge in [-0.25, -0.2) is 4.39 Å². The highest BCUT2D eigenvalue weighted by Gasteiger charge is 2.39. The van der Waals surface area contributed by atoms with E-state index in [4.69, 9.17) is 0 Å². The van der Waals surface area contributed by atoms with E-state index in [9.17, 15) is 14.5 Å². The quantitative estimate of drug-likeness (QED) is 0.656. The fourth-order valence-corrected chi connectivity index (χ4v) is 2.80. The average molecular weight is 346 g/mol. The summed E-state index contributed by atoms with van der Waals surface area (Å²) in [7, 11) is 4.02. The van der Waals surface area contributed by atoms with Crippen molar-refractivity contribution in [1.82, 2.24) is 4.90 Å². The van der Waals surface area contributed by atoms with Gasteiger partial charge in [-0.15, -0.1) is 0 Å². The fourth-order valence-electron chi connectivity index (χ4n) is 2.46. The molecule has 0 unspecified atom stereocenters. The van der Waals surface area contributed by atoms with Gasteiger partial charge in [0.1, 0.15) is 11.5 Å². The van der Waals surface area contributed by atoms with Crippen molar-refractivity contribution < 1.29 is 9.31 Å². The molecule has 0 aromatic heterocycles. The predicted molar refractivity (Wildman–Crippen MR) is 79.5 cm³/mol. The van der Waals surface area contributed by atoms with Crippen LogP contribution in [0.25, 0.3) is 0 Å². The number of rotatable bonds is 5. The van der Waals surface area contributed by atoms with Crippen molar-refractivity contribution in [2.45, 2.75) is 24.8 Å². The number of hydrogen-bond acceptors (Lipinski definition) is 4. The Morgan fingerprint density at radius 1 is 1.50 bits per heavy atom. The Bertz CT molecular complexity index is 533. The summed E-state index contributed by atoms with van der Waals surface area (Å²) < 4.78 is 13.6. The monoisotopic (exact) mass is 345 g/mol. The number of nitro groups is 1. The lowest BCUT2D eigenvalue weighted by atomic mass is 9.75. The molecule has 1 aromatic carbocycles. The van der Waals surface area contributed by atoms with E-state index in [-0.39, 0.29) is 15.7 Å². The Kier molecular flexibility index (Phi) is 4.29. The van der Waals surface area contributed by atoms with Gasteiger partial charge in [-0.05, 0) is 55.4 Å². The van der Waals surface area contributed by atoms with E-state index in [1.54, 1.807) is 0 Å². The zero-order valence-corrected chi connectivity index (χ0v) is 13.0. The van der Waals surface area contributed by atoms with Crippen LogP contribution >= 0.6 is 15.9 Å². The van der Waals surface area contributed by atoms with Gasteiger partial charge in [-0.2, -0.15) is 0 Å². The molecule has 0 atom stereocenters. The molecule has 110 valence electrons. The Hall–Kier alpha value is -1.21. The third kappa shape index (κ3) is 2.78. The molecule has 1 fully saturated rings. The van der Waals surface area contributed by atoms with E-state index < -0.39 is 10.7 Å². The van der Waals surface area contributed by atoms with Crippen LogP contribution in [-0.4, -0.2) is 36.0 Å². The molecule has 0 heterocycles. The van der Waals surface area contributed by atoms with Gasteiger partial charge in [0.2, 0.25) is 0 Å². The van der Waals surface area contributed by atoms with E-state index in [1.807, 2.05) is 14.1 Å². The second-order valence-electron chi connectivity index (χ2n) is 5.37. The zero-order chi connectivity index (χ0) is 14.9. The molecule has 2 rings (SSSR count). The Morgan fingerprint density at radius 2 is 2.15 bits per heavy atom. The Labute approximate surface area is 125 Å². The van der Waals surface area contributed by atoms with Crippen LogP contribution in [-0.2, 0) is 0 Å². The summed E-state index contributed by atoms with van der Waals surface area (Å²) in [5.41, 5.74) is 0.143. The standard InChI is InChI=1S/C13H17BrFN3O2/c1-17(2)13(4-3-5-13)8-16-11-6-9(14)10(15)7-12(11)18(19)20/h6-7,16H,3-5,8H2,1-2H3. The maximum Gasteiger partial charge on any atom is 0.295 e. The van der Waals surface area contributed by atoms with Gasteiger partial charge in [-0.3, -0.25) is 10.1 Å². The average Bonchev–Trinajstić information content (AvgIpc) is 2.30. The number of nitrogens with zero attached hydrogens (tertiary/aromatic N) is 2. The molecule has 1 aromatic rings. The van der Waals surface area contributed by atoms with Crippen molar-refractivity contribution >= 4 is 27.3 Å². The molecule has 0 bridgehead atoms. The maximum absolute atomic E-state index is 13.4. The number of nitrogens with one attached hydrogen (secondary N) is 1. The molecule has 0 radical (unpaired) electrons. The predicted octanol–water partition coefficient (Wildman–Crippen LogP) is 3.39. The summed E-state index contributed by atoms with van der Waals surface area (Å²) in [6, 6.07) is 2.37. The number of halogens is 2. The molecule has 1 aliphatic rings. The van der Waals surface area contributed by atoms with Gasteiger partial charge in [0.15, 0.2) is 0 Å². The third-order valence-corrected chi connectivity index (χ3v) is 4.68. The minimum atomic E-state index is -0.631. The van der Waals surface area contributed by atoms with Gasteiger partial charge in [0.25, 0.3) is 5.69 Å². The summed E-state index contributed by atoms with van der Waals surface area (Å²) >= 11 is 3.06. The van der Waals surface area contributed by atoms with Crippen LogP contribution in [0.2, 0.25) is 0 Å². The molecule has 1 saturated carbocycles. The van der Waals surface area contributed by atoms with Crippen molar-refractivity contribution in [1.29, 1.82) is 0 Å². The van der Waals surface area contributed by atoms with Crippen molar-refractivity contribution in [3.05, 3.63) is 32.5 Å². The molecule has 0 amide bonds. The fraction of sp³-hybridized carbons (Fsp3) is 0.538. The first-order valence-corrected chi connectivity index (χ1v) is 7.20. The maximum atomic E-state index is 13.4. The second kappa shape index (κ2) is 5.65. The molecule has 5 nitrogen and oxygen atoms in total. The molecule has 1 N–H and O–H groups in total. The highest BCUT2D eigenvalue weighted by atomic mass is 79.9. The molecule has 20 heavy (non-hydrogen) atoms. The largest absolute Gasteiger partial charge is 0.378 e. The smallest absolute Gasteiger partial charge is 0.295 e. The molecule has 1 aliphatic carbocycles. The van der Waals surface area contributed by atoms with E-state index in [0.29, 0.717) is 12.2 Å². The summed E-state index contributed by atoms with van der Waals surface area (Å²) in [5, 5.41) is 14.1. The first-order valence-electron chi connectivity index (χ1n) is 6.40. The van der Waals surface area contributed by atoms with Crippen LogP contribution < -0.4 is 5.32 Å². The second-order valence-corrected chi connectivity index (χ2v) is 6.22. The number of nitro benzene ring substituents is 1. The van der Waals surface area contributed by atoms with Crippen LogP contribution in [0, 0.1) is 15.9 Å². The minimum Gasteiger partial charge on any atom is -0.378 e. The topological polar surface area (TPSA) is 58.4 Å². The van der Waals surface area contributed by atoms with Crippen molar-refractivity contribution in [3.8, 4) is 0 Å². The highest BCUT2D eigenvalue weighted by Crippen LogP contribution is 2.37. The number of benzene rings is 1. The van der Waals surface area contributed by atoms with Gasteiger partial charge in [0.05, 0.1) is 15.5 Å². The molecular weight excluding hydrogens is 329 g/mol. The number of hydrogen-bond donors (Lipinski definition) is 1. The van der Waals surface area contributed by atoms with Crippen LogP contribution in [0.15, 0.2) is 16.6 Å². The zero-order valence-electron chi connectivity index (χ0n) is 11.4. The Balaban J connectivity index is 2.21.